The molecule has 4 rings (SSSR count). The van der Waals surface area contributed by atoms with Gasteiger partial charge in [-0.3, -0.25) is 24.7 Å². The molecule has 0 fully saturated rings. The fourth-order valence-corrected chi connectivity index (χ4v) is 3.90. The Labute approximate surface area is 175 Å². The minimum atomic E-state index is -0.500. The average Bonchev–Trinajstić information content (AvgIpc) is 3.14. The number of nitrogens with one attached hydrogen (secondary N) is 2. The fourth-order valence-electron chi connectivity index (χ4n) is 3.31. The first kappa shape index (κ1) is 19.9. The molecule has 0 spiro atoms. The van der Waals surface area contributed by atoms with Gasteiger partial charge in [-0.05, 0) is 31.5 Å². The summed E-state index contributed by atoms with van der Waals surface area (Å²) in [5.41, 5.74) is 0.752. The Bertz CT molecular complexity index is 1370. The number of aromatic nitrogens is 5. The number of aryl methyl sites for hydroxylation is 2. The summed E-state index contributed by atoms with van der Waals surface area (Å²) in [7, 11) is 0. The molecule has 4 heterocycles. The van der Waals surface area contributed by atoms with Crippen LogP contribution in [0.1, 0.15) is 41.6 Å². The molecular weight excluding hydrogens is 402 g/mol. The first-order chi connectivity index (χ1) is 14.5. The van der Waals surface area contributed by atoms with E-state index in [9.17, 15) is 9.59 Å². The predicted octanol–water partition coefficient (Wildman–Crippen LogP) is 2.73. The normalized spacial score (nSPS) is 11.3. The van der Waals surface area contributed by atoms with Crippen LogP contribution in [0, 0.1) is 12.3 Å². The lowest BCUT2D eigenvalue weighted by Crippen LogP contribution is -2.32. The van der Waals surface area contributed by atoms with Gasteiger partial charge in [0.15, 0.2) is 0 Å². The fraction of sp³-hybridized carbons (Fsp3) is 0.300. The van der Waals surface area contributed by atoms with E-state index in [4.69, 9.17) is 5.41 Å². The lowest BCUT2D eigenvalue weighted by Gasteiger charge is -2.14. The molecule has 0 unspecified atom stereocenters. The molecule has 0 aliphatic heterocycles. The number of amides is 1. The SMILES string of the molecule is CCCCCn1c(=N)c(C(=O)Nc2nnc(C)s2)cc2c(=O)n3ccccc3nc21. The molecule has 0 atom stereocenters. The molecule has 0 aliphatic carbocycles. The van der Waals surface area contributed by atoms with Crippen molar-refractivity contribution in [2.75, 3.05) is 5.32 Å². The van der Waals surface area contributed by atoms with Crippen molar-refractivity contribution in [1.82, 2.24) is 24.1 Å². The number of fused-ring (bicyclic) bond motifs is 2. The van der Waals surface area contributed by atoms with Gasteiger partial charge in [0, 0.05) is 12.7 Å². The maximum absolute atomic E-state index is 13.1. The molecule has 9 nitrogen and oxygen atoms in total. The highest BCUT2D eigenvalue weighted by molar-refractivity contribution is 7.15. The summed E-state index contributed by atoms with van der Waals surface area (Å²) < 4.78 is 3.10. The molecule has 0 saturated heterocycles. The summed E-state index contributed by atoms with van der Waals surface area (Å²) in [6, 6.07) is 6.76. The molecule has 4 aromatic heterocycles. The molecule has 0 bridgehead atoms. The van der Waals surface area contributed by atoms with E-state index in [0.29, 0.717) is 28.4 Å². The monoisotopic (exact) mass is 423 g/mol. The molecule has 0 aromatic carbocycles. The summed E-state index contributed by atoms with van der Waals surface area (Å²) in [5.74, 6) is -0.500. The molecule has 2 N–H and O–H groups in total. The summed E-state index contributed by atoms with van der Waals surface area (Å²) in [5, 5.41) is 20.5. The maximum Gasteiger partial charge on any atom is 0.267 e. The van der Waals surface area contributed by atoms with Crippen molar-refractivity contribution < 1.29 is 4.79 Å². The van der Waals surface area contributed by atoms with Crippen molar-refractivity contribution in [3.8, 4) is 0 Å². The van der Waals surface area contributed by atoms with Gasteiger partial charge in [0.2, 0.25) is 5.13 Å². The summed E-state index contributed by atoms with van der Waals surface area (Å²) in [4.78, 5) is 30.6. The second-order valence-electron chi connectivity index (χ2n) is 6.93. The standard InChI is InChI=1S/C20H21N7O2S/c1-3-4-6-10-27-16(21)13(18(28)23-20-25-24-12(2)30-20)11-14-17(27)22-15-8-5-7-9-26(15)19(14)29/h5,7-9,11,21H,3-4,6,10H2,1-2H3,(H,23,25,28). The molecule has 1 amide bonds. The largest absolute Gasteiger partial charge is 0.310 e. The van der Waals surface area contributed by atoms with Crippen LogP contribution in [0.2, 0.25) is 0 Å². The zero-order valence-corrected chi connectivity index (χ0v) is 17.5. The van der Waals surface area contributed by atoms with Crippen molar-refractivity contribution in [1.29, 1.82) is 5.41 Å². The summed E-state index contributed by atoms with van der Waals surface area (Å²) in [6.45, 7) is 4.38. The van der Waals surface area contributed by atoms with Crippen LogP contribution in [0.4, 0.5) is 5.13 Å². The molecule has 30 heavy (non-hydrogen) atoms. The van der Waals surface area contributed by atoms with Crippen molar-refractivity contribution in [2.45, 2.75) is 39.7 Å². The van der Waals surface area contributed by atoms with Crippen LogP contribution in [-0.2, 0) is 6.54 Å². The third-order valence-corrected chi connectivity index (χ3v) is 5.55. The van der Waals surface area contributed by atoms with Crippen molar-refractivity contribution in [2.24, 2.45) is 0 Å². The molecule has 154 valence electrons. The smallest absolute Gasteiger partial charge is 0.267 e. The summed E-state index contributed by atoms with van der Waals surface area (Å²) in [6.07, 6.45) is 4.45. The predicted molar refractivity (Wildman–Crippen MR) is 115 cm³/mol. The van der Waals surface area contributed by atoms with Gasteiger partial charge < -0.3 is 4.57 Å². The second-order valence-corrected chi connectivity index (χ2v) is 8.11. The van der Waals surface area contributed by atoms with Crippen LogP contribution in [0.15, 0.2) is 35.3 Å². The van der Waals surface area contributed by atoms with Gasteiger partial charge in [-0.15, -0.1) is 10.2 Å². The van der Waals surface area contributed by atoms with Gasteiger partial charge >= 0.3 is 0 Å². The van der Waals surface area contributed by atoms with E-state index >= 15 is 0 Å². The Kier molecular flexibility index (Phi) is 5.40. The van der Waals surface area contributed by atoms with Gasteiger partial charge in [-0.25, -0.2) is 4.98 Å². The van der Waals surface area contributed by atoms with Crippen LogP contribution in [-0.4, -0.2) is 30.1 Å². The van der Waals surface area contributed by atoms with Crippen molar-refractivity contribution in [3.63, 3.8) is 0 Å². The Hall–Kier alpha value is -3.40. The Balaban J connectivity index is 1.91. The molecule has 10 heteroatoms. The number of hydrogen-bond acceptors (Lipinski definition) is 7. The Morgan fingerprint density at radius 1 is 1.27 bits per heavy atom. The topological polar surface area (TPSA) is 118 Å². The average molecular weight is 424 g/mol. The molecule has 0 saturated carbocycles. The number of pyridine rings is 2. The highest BCUT2D eigenvalue weighted by Crippen LogP contribution is 2.16. The van der Waals surface area contributed by atoms with Crippen molar-refractivity contribution >= 4 is 39.1 Å². The van der Waals surface area contributed by atoms with Crippen LogP contribution >= 0.6 is 11.3 Å². The van der Waals surface area contributed by atoms with Crippen LogP contribution in [0.25, 0.3) is 16.7 Å². The van der Waals surface area contributed by atoms with Gasteiger partial charge in [0.05, 0.1) is 10.9 Å². The molecular formula is C20H21N7O2S. The van der Waals surface area contributed by atoms with Crippen molar-refractivity contribution in [3.05, 3.63) is 56.9 Å². The zero-order valence-electron chi connectivity index (χ0n) is 16.7. The zero-order chi connectivity index (χ0) is 21.3. The van der Waals surface area contributed by atoms with E-state index in [1.165, 1.54) is 21.8 Å². The van der Waals surface area contributed by atoms with Gasteiger partial charge in [0.25, 0.3) is 11.5 Å². The number of carbonyl (C=O) groups excluding carboxylic acids is 1. The third kappa shape index (κ3) is 3.61. The van der Waals surface area contributed by atoms with E-state index in [1.807, 2.05) is 6.07 Å². The quantitative estimate of drug-likeness (QED) is 0.365. The van der Waals surface area contributed by atoms with E-state index in [1.54, 1.807) is 29.8 Å². The first-order valence-corrected chi connectivity index (χ1v) is 10.5. The van der Waals surface area contributed by atoms with E-state index in [-0.39, 0.29) is 16.6 Å². The number of nitrogens with zero attached hydrogens (tertiary/aromatic N) is 5. The number of anilines is 1. The van der Waals surface area contributed by atoms with E-state index in [0.717, 1.165) is 24.3 Å². The number of rotatable bonds is 6. The lowest BCUT2D eigenvalue weighted by atomic mass is 10.2. The highest BCUT2D eigenvalue weighted by atomic mass is 32.1. The maximum atomic E-state index is 13.1. The highest BCUT2D eigenvalue weighted by Gasteiger charge is 2.18. The van der Waals surface area contributed by atoms with E-state index < -0.39 is 5.91 Å². The number of carbonyl (C=O) groups is 1. The van der Waals surface area contributed by atoms with Gasteiger partial charge in [0.1, 0.15) is 21.8 Å². The Morgan fingerprint density at radius 3 is 2.83 bits per heavy atom. The van der Waals surface area contributed by atoms with Crippen LogP contribution in [0.3, 0.4) is 0 Å². The van der Waals surface area contributed by atoms with E-state index in [2.05, 4.69) is 27.4 Å². The van der Waals surface area contributed by atoms with Crippen LogP contribution in [0.5, 0.6) is 0 Å². The molecule has 0 aliphatic rings. The minimum absolute atomic E-state index is 0.0181. The van der Waals surface area contributed by atoms with Gasteiger partial charge in [-0.2, -0.15) is 0 Å². The number of unbranched alkanes of at least 4 members (excludes halogenated alkanes) is 2. The van der Waals surface area contributed by atoms with Gasteiger partial charge in [-0.1, -0.05) is 37.2 Å². The molecule has 0 radical (unpaired) electrons. The number of hydrogen-bond donors (Lipinski definition) is 2. The molecule has 4 aromatic rings. The van der Waals surface area contributed by atoms with Crippen LogP contribution < -0.4 is 16.4 Å². The third-order valence-electron chi connectivity index (χ3n) is 4.79. The Morgan fingerprint density at radius 2 is 2.10 bits per heavy atom. The minimum Gasteiger partial charge on any atom is -0.310 e. The second kappa shape index (κ2) is 8.15. The summed E-state index contributed by atoms with van der Waals surface area (Å²) >= 11 is 1.25. The first-order valence-electron chi connectivity index (χ1n) is 9.70. The lowest BCUT2D eigenvalue weighted by molar-refractivity contribution is 0.102.